The van der Waals surface area contributed by atoms with Crippen LogP contribution >= 0.6 is 0 Å². The molecular weight excluding hydrogens is 1160 g/mol. The van der Waals surface area contributed by atoms with Gasteiger partial charge >= 0.3 is 166 Å². The minimum atomic E-state index is 1.05. The van der Waals surface area contributed by atoms with Gasteiger partial charge in [0, 0.05) is 22.3 Å². The Morgan fingerprint density at radius 2 is 0.402 bits per heavy atom. The van der Waals surface area contributed by atoms with Crippen LogP contribution in [0.2, 0.25) is 10.8 Å². The summed E-state index contributed by atoms with van der Waals surface area (Å²) in [5, 5.41) is 2.87. The van der Waals surface area contributed by atoms with E-state index >= 15 is 0 Å². The first-order chi connectivity index (χ1) is 45.4. The third-order valence-electron chi connectivity index (χ3n) is 20.3. The van der Waals surface area contributed by atoms with Gasteiger partial charge in [0.05, 0.1) is 0 Å². The smallest absolute Gasteiger partial charge is 0.0654 e. The van der Waals surface area contributed by atoms with Gasteiger partial charge in [-0.05, 0) is 124 Å². The molecule has 536 valence electrons. The van der Waals surface area contributed by atoms with Crippen LogP contribution in [0.5, 0.6) is 0 Å². The van der Waals surface area contributed by atoms with Crippen LogP contribution in [0.1, 0.15) is 468 Å². The fourth-order valence-electron chi connectivity index (χ4n) is 14.3. The predicted octanol–water partition coefficient (Wildman–Crippen LogP) is 32.1. The van der Waals surface area contributed by atoms with Gasteiger partial charge in [0.1, 0.15) is 0 Å². The van der Waals surface area contributed by atoms with Crippen molar-refractivity contribution in [2.75, 3.05) is 0 Å². The van der Waals surface area contributed by atoms with Crippen molar-refractivity contribution in [3.05, 3.63) is 86.5 Å². The van der Waals surface area contributed by atoms with Gasteiger partial charge in [-0.2, -0.15) is 0 Å². The first-order valence-corrected chi connectivity index (χ1v) is 43.5. The Morgan fingerprint density at radius 1 is 0.217 bits per heavy atom. The third kappa shape index (κ3) is 45.5. The second-order valence-corrected chi connectivity index (χ2v) is 30.8. The van der Waals surface area contributed by atoms with Crippen molar-refractivity contribution in [1.29, 1.82) is 0 Å². The normalized spacial score (nSPS) is 12.6. The molecule has 0 bridgehead atoms. The molecule has 92 heavy (non-hydrogen) atoms. The maximum absolute atomic E-state index is 12.8. The van der Waals surface area contributed by atoms with Crippen molar-refractivity contribution in [3.8, 4) is 0 Å². The van der Waals surface area contributed by atoms with Crippen LogP contribution < -0.4 is 0 Å². The summed E-state index contributed by atoms with van der Waals surface area (Å²) in [6.07, 6.45) is 85.9. The van der Waals surface area contributed by atoms with E-state index in [1.54, 1.807) is 4.70 Å². The molecule has 3 heteroatoms. The first kappa shape index (κ1) is 86.1. The molecule has 2 aromatic carbocycles. The van der Waals surface area contributed by atoms with Gasteiger partial charge in [0.25, 0.3) is 0 Å². The van der Waals surface area contributed by atoms with Crippen LogP contribution in [0.15, 0.2) is 47.5 Å². The summed E-state index contributed by atoms with van der Waals surface area (Å²) in [6.45, 7) is 18.5. The van der Waals surface area contributed by atoms with Gasteiger partial charge in [0.15, 0.2) is 0 Å². The zero-order valence-electron chi connectivity index (χ0n) is 63.6. The minimum absolute atomic E-state index is 1.05. The number of hydrogen-bond donors (Lipinski definition) is 0. The van der Waals surface area contributed by atoms with Crippen molar-refractivity contribution in [2.24, 2.45) is 0 Å². The molecule has 1 aliphatic heterocycles. The van der Waals surface area contributed by atoms with E-state index in [-0.39, 0.29) is 0 Å². The van der Waals surface area contributed by atoms with E-state index in [4.69, 9.17) is 0 Å². The van der Waals surface area contributed by atoms with Gasteiger partial charge in [-0.1, -0.05) is 254 Å². The van der Waals surface area contributed by atoms with Crippen molar-refractivity contribution >= 4 is 11.4 Å². The molecule has 0 aromatic heterocycles. The van der Waals surface area contributed by atoms with Crippen molar-refractivity contribution in [3.63, 3.8) is 0 Å². The quantitative estimate of drug-likeness (QED) is 0.0358. The Labute approximate surface area is 584 Å². The summed E-state index contributed by atoms with van der Waals surface area (Å²) < 4.78 is 1.71. The van der Waals surface area contributed by atoms with E-state index in [1.165, 1.54) is 421 Å². The van der Waals surface area contributed by atoms with Crippen LogP contribution in [-0.4, -0.2) is 4.70 Å². The number of aryl methyl sites for hydroxylation is 4. The first-order valence-electron chi connectivity index (χ1n) is 42.1. The van der Waals surface area contributed by atoms with E-state index in [9.17, 15) is 5.53 Å². The van der Waals surface area contributed by atoms with Crippen LogP contribution in [0.4, 0.5) is 0 Å². The molecule has 1 heterocycles. The standard InChI is InChI=1S/C57H94N2.2C16H33.Ni/c1-7-13-19-21-22-23-24-25-26-27-28-29-30-31-35-41-55-54(40-34-20-14-8-2)56(52-44-48(36-17-11-5)42-50(46-52)38-32-15-9-3)59(58)57(55)53-45-49(37-18-12-6)43-51(47-53)39-33-16-10-4;2*1-3-5-7-9-11-13-15-16-14-12-10-8-6-4-2;/h42-47H,7-41H2,1-6H3;2*1,3-16H2,2H3;. The van der Waals surface area contributed by atoms with Crippen LogP contribution in [-0.2, 0) is 40.1 Å². The molecule has 0 N–H and O–H groups in total. The van der Waals surface area contributed by atoms with E-state index < -0.39 is 0 Å². The number of unbranched alkanes of at least 4 members (excludes halogenated alkanes) is 49. The predicted molar refractivity (Wildman–Crippen MR) is 413 cm³/mol. The Morgan fingerprint density at radius 3 is 0.652 bits per heavy atom. The minimum Gasteiger partial charge on any atom is -0.0654 e. The summed E-state index contributed by atoms with van der Waals surface area (Å²) in [5.74, 6) is 0. The number of benzene rings is 2. The number of allylic oxidation sites excluding steroid dienone is 2. The van der Waals surface area contributed by atoms with Crippen LogP contribution in [0.25, 0.3) is 16.9 Å². The Bertz CT molecular complexity index is 1990. The fraction of sp³-hybridized carbons (Fsp3) is 0.820. The number of hydrogen-bond acceptors (Lipinski definition) is 0. The molecule has 0 unspecified atom stereocenters. The zero-order chi connectivity index (χ0) is 66.3. The molecule has 0 atom stereocenters. The summed E-state index contributed by atoms with van der Waals surface area (Å²) in [4.78, 5) is 0. The second-order valence-electron chi connectivity index (χ2n) is 29.3. The Balaban J connectivity index is 0.000000741. The number of nitrogens with zero attached hydrogens (tertiary/aromatic N) is 2. The zero-order valence-corrected chi connectivity index (χ0v) is 64.6. The fourth-order valence-corrected chi connectivity index (χ4v) is 15.5. The van der Waals surface area contributed by atoms with Gasteiger partial charge in [-0.3, -0.25) is 0 Å². The van der Waals surface area contributed by atoms with E-state index in [1.807, 2.05) is 14.4 Å². The van der Waals surface area contributed by atoms with Gasteiger partial charge in [0.2, 0.25) is 11.4 Å². The second kappa shape index (κ2) is 65.0. The molecule has 0 saturated heterocycles. The summed E-state index contributed by atoms with van der Waals surface area (Å²) >= 11 is 2.04. The third-order valence-corrected chi connectivity index (χ3v) is 21.6. The average molecular weight is 1320 g/mol. The van der Waals surface area contributed by atoms with Crippen LogP contribution in [0.3, 0.4) is 0 Å². The van der Waals surface area contributed by atoms with E-state index in [0.29, 0.717) is 0 Å². The molecule has 2 aromatic rings. The molecule has 3 rings (SSSR count). The maximum atomic E-state index is 12.8. The monoisotopic (exact) mass is 1320 g/mol. The molecule has 2 nitrogen and oxygen atoms in total. The summed E-state index contributed by atoms with van der Waals surface area (Å²) in [6, 6.07) is 14.8. The molecule has 0 radical (unpaired) electrons. The van der Waals surface area contributed by atoms with Gasteiger partial charge in [-0.15, -0.1) is 0 Å². The molecule has 0 amide bonds. The summed E-state index contributed by atoms with van der Waals surface area (Å²) in [7, 11) is 0. The van der Waals surface area contributed by atoms with Gasteiger partial charge < -0.3 is 5.53 Å². The van der Waals surface area contributed by atoms with Crippen LogP contribution in [0, 0.1) is 0 Å². The molecule has 0 saturated carbocycles. The van der Waals surface area contributed by atoms with E-state index in [0.717, 1.165) is 49.9 Å². The summed E-state index contributed by atoms with van der Waals surface area (Å²) in [5.41, 5.74) is 26.1. The van der Waals surface area contributed by atoms with Crippen molar-refractivity contribution in [1.82, 2.24) is 0 Å². The number of rotatable bonds is 67. The molecule has 0 fully saturated rings. The Hall–Kier alpha value is -1.99. The molecular formula is C89H160N2Ni. The molecule has 0 spiro atoms. The van der Waals surface area contributed by atoms with E-state index in [2.05, 4.69) is 91.8 Å². The Kier molecular flexibility index (Phi) is 60.8. The van der Waals surface area contributed by atoms with Gasteiger partial charge in [-0.25, -0.2) is 4.70 Å². The topological polar surface area (TPSA) is 25.3 Å². The average Bonchev–Trinajstić information content (AvgIpc) is 1.61. The molecule has 1 aliphatic rings. The SMILES string of the molecule is CCCCCCCCCCCCCCCCCC1=C(c2cc(CCCC)cc(CCCCC)c2)[N+](=[N-])C(c2cc(CCCC)cc(CCCCC)c2)=C1CCCCCC.CCCCCCCCCCCCCCC[CH2][Ni][CH2]CCCCCCCCCCCCCCC. The molecule has 0 aliphatic carbocycles. The van der Waals surface area contributed by atoms with Crippen molar-refractivity contribution in [2.45, 2.75) is 471 Å². The van der Waals surface area contributed by atoms with Crippen molar-refractivity contribution < 1.29 is 19.1 Å².